The fraction of sp³-hybridized carbons (Fsp3) is 0.333. The van der Waals surface area contributed by atoms with Crippen LogP contribution in [0.1, 0.15) is 33.7 Å². The van der Waals surface area contributed by atoms with Crippen LogP contribution in [-0.4, -0.2) is 11.3 Å². The van der Waals surface area contributed by atoms with Crippen LogP contribution < -0.4 is 0 Å². The maximum absolute atomic E-state index is 12.4. The van der Waals surface area contributed by atoms with Gasteiger partial charge < -0.3 is 0 Å². The highest BCUT2D eigenvalue weighted by molar-refractivity contribution is 6.17. The molecule has 0 aliphatic carbocycles. The summed E-state index contributed by atoms with van der Waals surface area (Å²) in [7, 11) is 0. The summed E-state index contributed by atoms with van der Waals surface area (Å²) in [6, 6.07) is 1.23. The highest BCUT2D eigenvalue weighted by atomic mass is 35.5. The van der Waals surface area contributed by atoms with Crippen LogP contribution in [0.25, 0.3) is 0 Å². The summed E-state index contributed by atoms with van der Waals surface area (Å²) >= 11 is 5.50. The van der Waals surface area contributed by atoms with E-state index >= 15 is 0 Å². The second-order valence-electron chi connectivity index (χ2n) is 2.76. The Balaban J connectivity index is 3.30. The number of alkyl halides is 3. The van der Waals surface area contributed by atoms with Crippen LogP contribution in [0.15, 0.2) is 6.07 Å². The quantitative estimate of drug-likeness (QED) is 0.578. The van der Waals surface area contributed by atoms with Crippen molar-refractivity contribution in [3.05, 3.63) is 28.6 Å². The van der Waals surface area contributed by atoms with Crippen molar-refractivity contribution < 1.29 is 13.6 Å². The maximum Gasteiger partial charge on any atom is 0.265 e. The van der Waals surface area contributed by atoms with Gasteiger partial charge in [0.2, 0.25) is 0 Å². The number of pyridine rings is 1. The van der Waals surface area contributed by atoms with Gasteiger partial charge in [0.1, 0.15) is 5.69 Å². The number of halogens is 3. The van der Waals surface area contributed by atoms with Crippen LogP contribution >= 0.6 is 11.6 Å². The van der Waals surface area contributed by atoms with Gasteiger partial charge in [-0.1, -0.05) is 0 Å². The molecular weight excluding hydrogens is 212 g/mol. The summed E-state index contributed by atoms with van der Waals surface area (Å²) in [6.07, 6.45) is -2.08. The number of hydrogen-bond donors (Lipinski definition) is 0. The predicted octanol–water partition coefficient (Wildman–Crippen LogP) is 2.88. The van der Waals surface area contributed by atoms with Gasteiger partial charge in [-0.15, -0.1) is 11.6 Å². The van der Waals surface area contributed by atoms with Crippen LogP contribution in [0.3, 0.4) is 0 Å². The van der Waals surface area contributed by atoms with Crippen LogP contribution in [0.2, 0.25) is 0 Å². The van der Waals surface area contributed by atoms with Gasteiger partial charge >= 0.3 is 0 Å². The van der Waals surface area contributed by atoms with Gasteiger partial charge in [0, 0.05) is 17.1 Å². The third kappa shape index (κ3) is 2.07. The first-order chi connectivity index (χ1) is 6.60. The molecule has 0 amide bonds. The minimum Gasteiger partial charge on any atom is -0.296 e. The first-order valence-corrected chi connectivity index (χ1v) is 4.43. The molecule has 0 aliphatic heterocycles. The highest BCUT2D eigenvalue weighted by Gasteiger charge is 2.14. The number of aldehydes is 1. The summed E-state index contributed by atoms with van der Waals surface area (Å²) in [5, 5.41) is 0. The van der Waals surface area contributed by atoms with Crippen LogP contribution in [0.4, 0.5) is 8.78 Å². The molecule has 0 saturated heterocycles. The van der Waals surface area contributed by atoms with E-state index in [1.54, 1.807) is 0 Å². The van der Waals surface area contributed by atoms with Crippen molar-refractivity contribution in [2.75, 3.05) is 0 Å². The summed E-state index contributed by atoms with van der Waals surface area (Å²) in [4.78, 5) is 14.3. The molecule has 0 unspecified atom stereocenters. The molecule has 0 N–H and O–H groups in total. The van der Waals surface area contributed by atoms with Gasteiger partial charge in [-0.3, -0.25) is 4.79 Å². The third-order valence-corrected chi connectivity index (χ3v) is 2.14. The normalized spacial score (nSPS) is 10.6. The Labute approximate surface area is 84.9 Å². The zero-order chi connectivity index (χ0) is 10.7. The second kappa shape index (κ2) is 4.46. The molecule has 76 valence electrons. The van der Waals surface area contributed by atoms with Crippen molar-refractivity contribution in [3.63, 3.8) is 0 Å². The zero-order valence-corrected chi connectivity index (χ0v) is 8.18. The van der Waals surface area contributed by atoms with Crippen molar-refractivity contribution in [1.82, 2.24) is 4.98 Å². The van der Waals surface area contributed by atoms with Gasteiger partial charge in [0.05, 0.1) is 0 Å². The molecule has 2 nitrogen and oxygen atoms in total. The number of nitrogens with zero attached hydrogens (tertiary/aromatic N) is 1. The lowest BCUT2D eigenvalue weighted by molar-refractivity contribution is 0.111. The lowest BCUT2D eigenvalue weighted by Crippen LogP contribution is -2.02. The van der Waals surface area contributed by atoms with E-state index < -0.39 is 6.43 Å². The topological polar surface area (TPSA) is 30.0 Å². The summed E-state index contributed by atoms with van der Waals surface area (Å²) in [5.74, 6) is 0.00106. The van der Waals surface area contributed by atoms with E-state index in [0.29, 0.717) is 11.8 Å². The van der Waals surface area contributed by atoms with Gasteiger partial charge in [-0.25, -0.2) is 13.8 Å². The van der Waals surface area contributed by atoms with E-state index in [9.17, 15) is 13.6 Å². The molecule has 1 aromatic rings. The highest BCUT2D eigenvalue weighted by Crippen LogP contribution is 2.24. The fourth-order valence-electron chi connectivity index (χ4n) is 1.11. The average Bonchev–Trinajstić information content (AvgIpc) is 2.16. The molecule has 0 atom stereocenters. The number of hydrogen-bond acceptors (Lipinski definition) is 2. The minimum absolute atomic E-state index is 0.00106. The Morgan fingerprint density at radius 1 is 1.64 bits per heavy atom. The zero-order valence-electron chi connectivity index (χ0n) is 7.43. The Bertz CT molecular complexity index is 355. The van der Waals surface area contributed by atoms with Crippen molar-refractivity contribution in [2.45, 2.75) is 19.2 Å². The first-order valence-electron chi connectivity index (χ1n) is 3.89. The number of carbonyl (C=O) groups excluding carboxylic acids is 1. The van der Waals surface area contributed by atoms with Gasteiger partial charge in [0.15, 0.2) is 6.29 Å². The van der Waals surface area contributed by atoms with E-state index in [1.165, 1.54) is 13.0 Å². The Kier molecular flexibility index (Phi) is 3.52. The molecule has 0 radical (unpaired) electrons. The fourth-order valence-corrected chi connectivity index (χ4v) is 1.33. The predicted molar refractivity (Wildman–Crippen MR) is 48.9 cm³/mol. The number of aryl methyl sites for hydroxylation is 1. The molecule has 14 heavy (non-hydrogen) atoms. The number of carbonyl (C=O) groups is 1. The lowest BCUT2D eigenvalue weighted by atomic mass is 10.1. The number of rotatable bonds is 3. The molecule has 0 aromatic carbocycles. The third-order valence-electron chi connectivity index (χ3n) is 1.86. The SMILES string of the molecule is Cc1nc(C=O)c(CCl)cc1C(F)F. The van der Waals surface area contributed by atoms with Gasteiger partial charge in [-0.05, 0) is 18.6 Å². The molecule has 5 heteroatoms. The Hall–Kier alpha value is -1.03. The molecule has 0 bridgehead atoms. The standard InChI is InChI=1S/C9H8ClF2NO/c1-5-7(9(11)12)2-6(3-10)8(4-14)13-5/h2,4,9H,3H2,1H3. The average molecular weight is 220 g/mol. The molecule has 0 fully saturated rings. The van der Waals surface area contributed by atoms with E-state index in [1.807, 2.05) is 0 Å². The van der Waals surface area contributed by atoms with Crippen LogP contribution in [0.5, 0.6) is 0 Å². The van der Waals surface area contributed by atoms with Crippen LogP contribution in [-0.2, 0) is 5.88 Å². The molecule has 1 aromatic heterocycles. The largest absolute Gasteiger partial charge is 0.296 e. The van der Waals surface area contributed by atoms with E-state index in [0.717, 1.165) is 0 Å². The molecular formula is C9H8ClF2NO. The smallest absolute Gasteiger partial charge is 0.265 e. The monoisotopic (exact) mass is 219 g/mol. The first kappa shape index (κ1) is 11.0. The Morgan fingerprint density at radius 3 is 2.71 bits per heavy atom. The lowest BCUT2D eigenvalue weighted by Gasteiger charge is -2.07. The van der Waals surface area contributed by atoms with E-state index in [4.69, 9.17) is 11.6 Å². The molecule has 0 saturated carbocycles. The van der Waals surface area contributed by atoms with Crippen molar-refractivity contribution in [3.8, 4) is 0 Å². The maximum atomic E-state index is 12.4. The summed E-state index contributed by atoms with van der Waals surface area (Å²) in [6.45, 7) is 1.44. The van der Waals surface area contributed by atoms with Crippen LogP contribution in [0, 0.1) is 6.92 Å². The van der Waals surface area contributed by atoms with E-state index in [-0.39, 0.29) is 22.8 Å². The molecule has 0 aliphatic rings. The van der Waals surface area contributed by atoms with Crippen molar-refractivity contribution >= 4 is 17.9 Å². The molecule has 1 rings (SSSR count). The summed E-state index contributed by atoms with van der Waals surface area (Å²) < 4.78 is 24.8. The summed E-state index contributed by atoms with van der Waals surface area (Å²) in [5.41, 5.74) is 0.451. The molecule has 1 heterocycles. The second-order valence-corrected chi connectivity index (χ2v) is 3.03. The van der Waals surface area contributed by atoms with Crippen molar-refractivity contribution in [2.24, 2.45) is 0 Å². The Morgan fingerprint density at radius 2 is 2.29 bits per heavy atom. The number of aromatic nitrogens is 1. The molecule has 0 spiro atoms. The van der Waals surface area contributed by atoms with Crippen molar-refractivity contribution in [1.29, 1.82) is 0 Å². The van der Waals surface area contributed by atoms with Gasteiger partial charge in [-0.2, -0.15) is 0 Å². The minimum atomic E-state index is -2.59. The van der Waals surface area contributed by atoms with E-state index in [2.05, 4.69) is 4.98 Å². The van der Waals surface area contributed by atoms with Gasteiger partial charge in [0.25, 0.3) is 6.43 Å².